The van der Waals surface area contributed by atoms with Crippen molar-refractivity contribution >= 4 is 16.9 Å². The number of aryl methyl sites for hydroxylation is 4. The molecule has 1 N–H and O–H groups in total. The van der Waals surface area contributed by atoms with E-state index in [-0.39, 0.29) is 5.91 Å². The average Bonchev–Trinajstić information content (AvgIpc) is 2.73. The number of hydrogen-bond acceptors (Lipinski definition) is 3. The summed E-state index contributed by atoms with van der Waals surface area (Å²) in [5, 5.41) is 8.54. The number of amides is 1. The van der Waals surface area contributed by atoms with Crippen LogP contribution in [0.3, 0.4) is 0 Å². The number of fused-ring (bicyclic) bond motifs is 1. The van der Waals surface area contributed by atoms with Crippen LogP contribution in [0.1, 0.15) is 48.7 Å². The lowest BCUT2D eigenvalue weighted by Gasteiger charge is -2.11. The van der Waals surface area contributed by atoms with Crippen molar-refractivity contribution in [1.82, 2.24) is 20.1 Å². The van der Waals surface area contributed by atoms with E-state index in [1.807, 2.05) is 25.6 Å². The highest BCUT2D eigenvalue weighted by atomic mass is 16.1. The van der Waals surface area contributed by atoms with Crippen LogP contribution >= 0.6 is 0 Å². The predicted molar refractivity (Wildman–Crippen MR) is 89.0 cm³/mol. The Morgan fingerprint density at radius 1 is 1.23 bits per heavy atom. The second-order valence-electron chi connectivity index (χ2n) is 5.91. The number of aromatic nitrogens is 3. The Labute approximate surface area is 132 Å². The van der Waals surface area contributed by atoms with Gasteiger partial charge in [0.05, 0.1) is 5.69 Å². The molecule has 0 radical (unpaired) electrons. The van der Waals surface area contributed by atoms with Crippen LogP contribution in [0, 0.1) is 20.8 Å². The zero-order valence-corrected chi connectivity index (χ0v) is 14.3. The van der Waals surface area contributed by atoms with E-state index in [1.54, 1.807) is 0 Å². The van der Waals surface area contributed by atoms with Crippen molar-refractivity contribution in [2.75, 3.05) is 6.54 Å². The fourth-order valence-electron chi connectivity index (χ4n) is 2.96. The fraction of sp³-hybridized carbons (Fsp3) is 0.588. The molecule has 0 unspecified atom stereocenters. The van der Waals surface area contributed by atoms with E-state index in [1.165, 1.54) is 11.1 Å². The molecule has 0 aromatic carbocycles. The van der Waals surface area contributed by atoms with Crippen LogP contribution in [0.5, 0.6) is 0 Å². The summed E-state index contributed by atoms with van der Waals surface area (Å²) in [5.74, 6) is 0.121. The second kappa shape index (κ2) is 6.90. The summed E-state index contributed by atoms with van der Waals surface area (Å²) in [6.07, 6.45) is 3.37. The van der Waals surface area contributed by atoms with Gasteiger partial charge in [-0.15, -0.1) is 0 Å². The minimum atomic E-state index is 0.121. The van der Waals surface area contributed by atoms with E-state index in [0.717, 1.165) is 48.2 Å². The minimum absolute atomic E-state index is 0.121. The maximum absolute atomic E-state index is 11.9. The van der Waals surface area contributed by atoms with Crippen molar-refractivity contribution in [1.29, 1.82) is 0 Å². The Morgan fingerprint density at radius 2 is 1.95 bits per heavy atom. The van der Waals surface area contributed by atoms with Crippen LogP contribution in [0.4, 0.5) is 0 Å². The van der Waals surface area contributed by atoms with Crippen molar-refractivity contribution in [3.8, 4) is 0 Å². The quantitative estimate of drug-likeness (QED) is 0.835. The van der Waals surface area contributed by atoms with Gasteiger partial charge >= 0.3 is 0 Å². The molecule has 0 aliphatic heterocycles. The summed E-state index contributed by atoms with van der Waals surface area (Å²) < 4.78 is 1.83. The van der Waals surface area contributed by atoms with E-state index >= 15 is 0 Å². The predicted octanol–water partition coefficient (Wildman–Crippen LogP) is 2.74. The molecule has 5 nitrogen and oxygen atoms in total. The third kappa shape index (κ3) is 3.29. The highest BCUT2D eigenvalue weighted by molar-refractivity contribution is 5.84. The summed E-state index contributed by atoms with van der Waals surface area (Å²) >= 11 is 0. The number of hydrogen-bond donors (Lipinski definition) is 1. The molecule has 2 heterocycles. The molecule has 0 aliphatic carbocycles. The first-order valence-corrected chi connectivity index (χ1v) is 8.01. The van der Waals surface area contributed by atoms with Crippen LogP contribution in [-0.4, -0.2) is 27.2 Å². The van der Waals surface area contributed by atoms with Gasteiger partial charge in [0.2, 0.25) is 5.91 Å². The summed E-state index contributed by atoms with van der Waals surface area (Å²) in [7, 11) is 1.92. The zero-order valence-electron chi connectivity index (χ0n) is 14.3. The lowest BCUT2D eigenvalue weighted by Crippen LogP contribution is -2.24. The minimum Gasteiger partial charge on any atom is -0.356 e. The van der Waals surface area contributed by atoms with Crippen molar-refractivity contribution in [2.45, 2.75) is 53.4 Å². The molecule has 0 bridgehead atoms. The number of carbonyl (C=O) groups is 1. The van der Waals surface area contributed by atoms with E-state index in [0.29, 0.717) is 6.42 Å². The monoisotopic (exact) mass is 302 g/mol. The van der Waals surface area contributed by atoms with Gasteiger partial charge in [-0.25, -0.2) is 4.98 Å². The molecule has 0 saturated heterocycles. The van der Waals surface area contributed by atoms with Gasteiger partial charge in [0.15, 0.2) is 5.65 Å². The Morgan fingerprint density at radius 3 is 2.64 bits per heavy atom. The number of pyridine rings is 1. The Kier molecular flexibility index (Phi) is 5.16. The number of unbranched alkanes of at least 4 members (excludes halogenated alkanes) is 1. The lowest BCUT2D eigenvalue weighted by molar-refractivity contribution is -0.121. The molecule has 5 heteroatoms. The largest absolute Gasteiger partial charge is 0.356 e. The average molecular weight is 302 g/mol. The molecule has 22 heavy (non-hydrogen) atoms. The van der Waals surface area contributed by atoms with E-state index in [9.17, 15) is 4.79 Å². The molecule has 0 aliphatic rings. The Hall–Kier alpha value is -1.91. The molecule has 0 spiro atoms. The van der Waals surface area contributed by atoms with Gasteiger partial charge in [-0.3, -0.25) is 9.48 Å². The SMILES string of the molecule is CCCCNC(=O)CCc1c(C)nc2c(c(C)nn2C)c1C. The zero-order chi connectivity index (χ0) is 16.3. The molecule has 0 saturated carbocycles. The summed E-state index contributed by atoms with van der Waals surface area (Å²) in [4.78, 5) is 16.6. The van der Waals surface area contributed by atoms with Crippen LogP contribution in [0.15, 0.2) is 0 Å². The first-order chi connectivity index (χ1) is 10.5. The third-order valence-corrected chi connectivity index (χ3v) is 4.18. The highest BCUT2D eigenvalue weighted by Crippen LogP contribution is 2.25. The highest BCUT2D eigenvalue weighted by Gasteiger charge is 2.15. The van der Waals surface area contributed by atoms with E-state index in [4.69, 9.17) is 0 Å². The molecular formula is C17H26N4O. The smallest absolute Gasteiger partial charge is 0.220 e. The first kappa shape index (κ1) is 16.5. The van der Waals surface area contributed by atoms with Crippen molar-refractivity contribution in [3.05, 3.63) is 22.5 Å². The molecule has 0 fully saturated rings. The maximum atomic E-state index is 11.9. The molecule has 2 aromatic rings. The summed E-state index contributed by atoms with van der Waals surface area (Å²) in [5.41, 5.74) is 5.29. The normalized spacial score (nSPS) is 11.1. The van der Waals surface area contributed by atoms with Gasteiger partial charge in [-0.1, -0.05) is 13.3 Å². The first-order valence-electron chi connectivity index (χ1n) is 8.01. The Bertz CT molecular complexity index is 688. The van der Waals surface area contributed by atoms with Crippen LogP contribution in [0.2, 0.25) is 0 Å². The maximum Gasteiger partial charge on any atom is 0.220 e. The molecule has 2 rings (SSSR count). The van der Waals surface area contributed by atoms with Crippen molar-refractivity contribution in [2.24, 2.45) is 7.05 Å². The molecule has 0 atom stereocenters. The number of rotatable bonds is 6. The third-order valence-electron chi connectivity index (χ3n) is 4.18. The summed E-state index contributed by atoms with van der Waals surface area (Å²) in [6.45, 7) is 9.02. The van der Waals surface area contributed by atoms with Gasteiger partial charge in [0, 0.05) is 31.1 Å². The molecule has 1 amide bonds. The van der Waals surface area contributed by atoms with Gasteiger partial charge < -0.3 is 5.32 Å². The van der Waals surface area contributed by atoms with Crippen molar-refractivity contribution in [3.63, 3.8) is 0 Å². The van der Waals surface area contributed by atoms with E-state index < -0.39 is 0 Å². The number of nitrogens with zero attached hydrogens (tertiary/aromatic N) is 3. The van der Waals surface area contributed by atoms with Crippen molar-refractivity contribution < 1.29 is 4.79 Å². The van der Waals surface area contributed by atoms with Crippen LogP contribution in [-0.2, 0) is 18.3 Å². The Balaban J connectivity index is 2.18. The molecule has 2 aromatic heterocycles. The van der Waals surface area contributed by atoms with Crippen LogP contribution in [0.25, 0.3) is 11.0 Å². The van der Waals surface area contributed by atoms with E-state index in [2.05, 4.69) is 29.2 Å². The molecule has 120 valence electrons. The number of nitrogens with one attached hydrogen (secondary N) is 1. The fourth-order valence-corrected chi connectivity index (χ4v) is 2.96. The summed E-state index contributed by atoms with van der Waals surface area (Å²) in [6, 6.07) is 0. The number of carbonyl (C=O) groups excluding carboxylic acids is 1. The van der Waals surface area contributed by atoms with Gasteiger partial charge in [0.1, 0.15) is 0 Å². The topological polar surface area (TPSA) is 59.8 Å². The van der Waals surface area contributed by atoms with Crippen LogP contribution < -0.4 is 5.32 Å². The van der Waals surface area contributed by atoms with Gasteiger partial charge in [-0.05, 0) is 44.7 Å². The standard InChI is InChI=1S/C17H26N4O/c1-6-7-10-18-15(22)9-8-14-11(2)16-13(4)20-21(5)17(16)19-12(14)3/h6-10H2,1-5H3,(H,18,22). The van der Waals surface area contributed by atoms with Gasteiger partial charge in [-0.2, -0.15) is 5.10 Å². The van der Waals surface area contributed by atoms with Gasteiger partial charge in [0.25, 0.3) is 0 Å². The second-order valence-corrected chi connectivity index (χ2v) is 5.91. The lowest BCUT2D eigenvalue weighted by atomic mass is 9.99. The molecular weight excluding hydrogens is 276 g/mol.